The van der Waals surface area contributed by atoms with Crippen LogP contribution in [0.1, 0.15) is 29.6 Å². The van der Waals surface area contributed by atoms with E-state index in [0.717, 1.165) is 17.4 Å². The van der Waals surface area contributed by atoms with Crippen LogP contribution in [-0.4, -0.2) is 15.6 Å². The molecule has 0 bridgehead atoms. The van der Waals surface area contributed by atoms with E-state index in [9.17, 15) is 4.79 Å². The summed E-state index contributed by atoms with van der Waals surface area (Å²) in [5.41, 5.74) is 0.699. The van der Waals surface area contributed by atoms with E-state index in [2.05, 4.69) is 33.2 Å². The number of aryl methyl sites for hydroxylation is 1. The van der Waals surface area contributed by atoms with Crippen LogP contribution in [0.15, 0.2) is 23.0 Å². The molecule has 0 aliphatic heterocycles. The zero-order valence-electron chi connectivity index (χ0n) is 8.61. The molecule has 15 heavy (non-hydrogen) atoms. The first-order valence-corrected chi connectivity index (χ1v) is 5.83. The number of hydrogen-bond donors (Lipinski definition) is 0. The second-order valence-electron chi connectivity index (χ2n) is 3.91. The Bertz CT molecular complexity index is 401. The van der Waals surface area contributed by atoms with Crippen LogP contribution in [0.3, 0.4) is 0 Å². The number of carbonyl (C=O) groups excluding carboxylic acids is 1. The fraction of sp³-hybridized carbons (Fsp3) is 0.455. The molecule has 4 heteroatoms. The van der Waals surface area contributed by atoms with Crippen LogP contribution < -0.4 is 0 Å². The van der Waals surface area contributed by atoms with Gasteiger partial charge >= 0.3 is 0 Å². The number of Topliss-reactive ketones (excluding diaryl/α,β-unsaturated/α-hetero) is 1. The van der Waals surface area contributed by atoms with Crippen LogP contribution in [0.2, 0.25) is 0 Å². The standard InChI is InChI=1S/C11H13BrN2O/c1-14-11(12)9(7-13-14)10(15)6-8-4-2-3-5-8/h2-3,7-8H,4-6H2,1H3. The number of carbonyl (C=O) groups is 1. The first kappa shape index (κ1) is 10.6. The van der Waals surface area contributed by atoms with Gasteiger partial charge in [0.2, 0.25) is 0 Å². The van der Waals surface area contributed by atoms with E-state index in [1.165, 1.54) is 0 Å². The Hall–Kier alpha value is -0.900. The van der Waals surface area contributed by atoms with Crippen molar-refractivity contribution in [1.29, 1.82) is 0 Å². The van der Waals surface area contributed by atoms with Crippen LogP contribution in [0.5, 0.6) is 0 Å². The summed E-state index contributed by atoms with van der Waals surface area (Å²) in [5, 5.41) is 4.05. The Morgan fingerprint density at radius 2 is 2.27 bits per heavy atom. The van der Waals surface area contributed by atoms with E-state index in [4.69, 9.17) is 0 Å². The third-order valence-electron chi connectivity index (χ3n) is 2.75. The Kier molecular flexibility index (Phi) is 3.05. The second kappa shape index (κ2) is 4.31. The first-order valence-electron chi connectivity index (χ1n) is 5.04. The number of ketones is 1. The van der Waals surface area contributed by atoms with Gasteiger partial charge in [-0.3, -0.25) is 9.48 Å². The Balaban J connectivity index is 2.04. The van der Waals surface area contributed by atoms with Crippen LogP contribution in [0.25, 0.3) is 0 Å². The number of halogens is 1. The quantitative estimate of drug-likeness (QED) is 0.624. The van der Waals surface area contributed by atoms with Crippen LogP contribution in [-0.2, 0) is 7.05 Å². The van der Waals surface area contributed by atoms with Crippen molar-refractivity contribution in [1.82, 2.24) is 9.78 Å². The largest absolute Gasteiger partial charge is 0.294 e. The van der Waals surface area contributed by atoms with Crippen molar-refractivity contribution in [2.24, 2.45) is 13.0 Å². The van der Waals surface area contributed by atoms with Gasteiger partial charge in [0.1, 0.15) is 4.60 Å². The fourth-order valence-corrected chi connectivity index (χ4v) is 2.24. The summed E-state index contributed by atoms with van der Waals surface area (Å²) < 4.78 is 2.44. The molecule has 0 N–H and O–H groups in total. The summed E-state index contributed by atoms with van der Waals surface area (Å²) in [6.07, 6.45) is 8.62. The fourth-order valence-electron chi connectivity index (χ4n) is 1.82. The number of hydrogen-bond acceptors (Lipinski definition) is 2. The Morgan fingerprint density at radius 1 is 1.60 bits per heavy atom. The van der Waals surface area contributed by atoms with Gasteiger partial charge in [-0.25, -0.2) is 0 Å². The summed E-state index contributed by atoms with van der Waals surface area (Å²) in [7, 11) is 1.82. The van der Waals surface area contributed by atoms with E-state index in [-0.39, 0.29) is 5.78 Å². The molecule has 0 spiro atoms. The Labute approximate surface area is 97.3 Å². The number of aromatic nitrogens is 2. The third-order valence-corrected chi connectivity index (χ3v) is 3.69. The minimum absolute atomic E-state index is 0.184. The van der Waals surface area contributed by atoms with Crippen LogP contribution in [0, 0.1) is 5.92 Å². The van der Waals surface area contributed by atoms with Gasteiger partial charge in [0.05, 0.1) is 11.8 Å². The van der Waals surface area contributed by atoms with Crippen molar-refractivity contribution in [2.75, 3.05) is 0 Å². The topological polar surface area (TPSA) is 34.9 Å². The van der Waals surface area contributed by atoms with Gasteiger partial charge in [0.25, 0.3) is 0 Å². The molecule has 1 aromatic rings. The van der Waals surface area contributed by atoms with E-state index >= 15 is 0 Å². The molecular formula is C11H13BrN2O. The second-order valence-corrected chi connectivity index (χ2v) is 4.66. The van der Waals surface area contributed by atoms with E-state index in [1.807, 2.05) is 7.05 Å². The highest BCUT2D eigenvalue weighted by atomic mass is 79.9. The van der Waals surface area contributed by atoms with Crippen molar-refractivity contribution in [3.05, 3.63) is 28.5 Å². The van der Waals surface area contributed by atoms with Gasteiger partial charge in [0.15, 0.2) is 5.78 Å². The van der Waals surface area contributed by atoms with Crippen molar-refractivity contribution in [3.63, 3.8) is 0 Å². The first-order chi connectivity index (χ1) is 7.18. The average molecular weight is 269 g/mol. The molecule has 0 aromatic carbocycles. The lowest BCUT2D eigenvalue weighted by Crippen LogP contribution is -2.06. The highest BCUT2D eigenvalue weighted by molar-refractivity contribution is 9.10. The molecule has 1 heterocycles. The molecule has 0 amide bonds. The highest BCUT2D eigenvalue weighted by Crippen LogP contribution is 2.25. The van der Waals surface area contributed by atoms with Crippen LogP contribution >= 0.6 is 15.9 Å². The van der Waals surface area contributed by atoms with Crippen molar-refractivity contribution < 1.29 is 4.79 Å². The molecule has 0 atom stereocenters. The Morgan fingerprint density at radius 3 is 2.80 bits per heavy atom. The average Bonchev–Trinajstić information content (AvgIpc) is 2.79. The number of rotatable bonds is 3. The third kappa shape index (κ3) is 2.20. The molecule has 0 saturated heterocycles. The van der Waals surface area contributed by atoms with Gasteiger partial charge in [0, 0.05) is 13.5 Å². The summed E-state index contributed by atoms with van der Waals surface area (Å²) in [6.45, 7) is 0. The normalized spacial score (nSPS) is 16.1. The number of allylic oxidation sites excluding steroid dienone is 2. The molecular weight excluding hydrogens is 256 g/mol. The SMILES string of the molecule is Cn1ncc(C(=O)CC2CC=CC2)c1Br. The van der Waals surface area contributed by atoms with E-state index in [1.54, 1.807) is 10.9 Å². The molecule has 0 saturated carbocycles. The molecule has 3 nitrogen and oxygen atoms in total. The van der Waals surface area contributed by atoms with Gasteiger partial charge in [-0.1, -0.05) is 12.2 Å². The molecule has 80 valence electrons. The minimum atomic E-state index is 0.184. The maximum absolute atomic E-state index is 11.9. The lowest BCUT2D eigenvalue weighted by Gasteiger charge is -2.06. The molecule has 1 aliphatic carbocycles. The van der Waals surface area contributed by atoms with Crippen molar-refractivity contribution >= 4 is 21.7 Å². The van der Waals surface area contributed by atoms with E-state index < -0.39 is 0 Å². The lowest BCUT2D eigenvalue weighted by molar-refractivity contribution is 0.0962. The van der Waals surface area contributed by atoms with Crippen LogP contribution in [0.4, 0.5) is 0 Å². The molecule has 1 aliphatic rings. The zero-order valence-corrected chi connectivity index (χ0v) is 10.2. The van der Waals surface area contributed by atoms with Gasteiger partial charge in [-0.05, 0) is 34.7 Å². The number of nitrogens with zero attached hydrogens (tertiary/aromatic N) is 2. The highest BCUT2D eigenvalue weighted by Gasteiger charge is 2.19. The zero-order chi connectivity index (χ0) is 10.8. The molecule has 0 radical (unpaired) electrons. The summed E-state index contributed by atoms with van der Waals surface area (Å²) in [4.78, 5) is 11.9. The van der Waals surface area contributed by atoms with Crippen molar-refractivity contribution in [2.45, 2.75) is 19.3 Å². The summed E-state index contributed by atoms with van der Waals surface area (Å²) in [5.74, 6) is 0.674. The van der Waals surface area contributed by atoms with Crippen molar-refractivity contribution in [3.8, 4) is 0 Å². The maximum atomic E-state index is 11.9. The predicted molar refractivity (Wildman–Crippen MR) is 61.7 cm³/mol. The predicted octanol–water partition coefficient (Wildman–Crippen LogP) is 2.72. The molecule has 0 unspecified atom stereocenters. The lowest BCUT2D eigenvalue weighted by atomic mass is 9.98. The minimum Gasteiger partial charge on any atom is -0.294 e. The van der Waals surface area contributed by atoms with E-state index in [0.29, 0.717) is 17.9 Å². The maximum Gasteiger partial charge on any atom is 0.167 e. The monoisotopic (exact) mass is 268 g/mol. The van der Waals surface area contributed by atoms with Gasteiger partial charge < -0.3 is 0 Å². The smallest absolute Gasteiger partial charge is 0.167 e. The summed E-state index contributed by atoms with van der Waals surface area (Å²) >= 11 is 3.36. The molecule has 1 aromatic heterocycles. The molecule has 0 fully saturated rings. The summed E-state index contributed by atoms with van der Waals surface area (Å²) in [6, 6.07) is 0. The van der Waals surface area contributed by atoms with Gasteiger partial charge in [-0.2, -0.15) is 5.10 Å². The molecule has 2 rings (SSSR count). The van der Waals surface area contributed by atoms with Gasteiger partial charge in [-0.15, -0.1) is 0 Å².